The van der Waals surface area contributed by atoms with Crippen LogP contribution >= 0.6 is 0 Å². The summed E-state index contributed by atoms with van der Waals surface area (Å²) >= 11 is 0. The fraction of sp³-hybridized carbons (Fsp3) is 0.536. The van der Waals surface area contributed by atoms with Gasteiger partial charge < -0.3 is 20.8 Å². The van der Waals surface area contributed by atoms with Crippen molar-refractivity contribution >= 4 is 34.7 Å². The van der Waals surface area contributed by atoms with Gasteiger partial charge in [0.25, 0.3) is 0 Å². The Morgan fingerprint density at radius 2 is 1.79 bits per heavy atom. The van der Waals surface area contributed by atoms with Crippen molar-refractivity contribution in [3.8, 4) is 5.75 Å². The van der Waals surface area contributed by atoms with Gasteiger partial charge in [0.05, 0.1) is 17.5 Å². The average molecular weight is 541 g/mol. The number of nitrogens with zero attached hydrogens (tertiary/aromatic N) is 3. The second-order valence-electron chi connectivity index (χ2n) is 11.4. The van der Waals surface area contributed by atoms with Crippen LogP contribution in [-0.4, -0.2) is 102 Å². The number of carbonyl (C=O) groups is 5. The Balaban J connectivity index is 1.87. The standard InChI is InChI=1S/C28H36N4O7/c1-7-8-32(6)12-14-11-17(30(2)3)15-9-13-10-16-21(31(4)5)24(35)20(27(29)38)26(37)28(16,39)25(36)18(13)23(34)19(15)22(14)33/h7,11,13,16,18,20-21,33,39H,1,8-10,12H2,2-6H3,(H2,29,38). The highest BCUT2D eigenvalue weighted by Crippen LogP contribution is 2.52. The lowest BCUT2D eigenvalue weighted by atomic mass is 9.52. The molecule has 2 fully saturated rings. The third-order valence-corrected chi connectivity index (χ3v) is 8.48. The molecule has 6 unspecified atom stereocenters. The number of anilines is 1. The molecule has 0 spiro atoms. The summed E-state index contributed by atoms with van der Waals surface area (Å²) < 4.78 is 0. The zero-order valence-electron chi connectivity index (χ0n) is 22.9. The number of rotatable bonds is 7. The summed E-state index contributed by atoms with van der Waals surface area (Å²) in [6.07, 6.45) is 1.94. The number of ketones is 4. The topological polar surface area (TPSA) is 162 Å². The molecule has 0 radical (unpaired) electrons. The van der Waals surface area contributed by atoms with Crippen molar-refractivity contribution in [2.75, 3.05) is 46.7 Å². The monoisotopic (exact) mass is 540 g/mol. The number of benzene rings is 1. The number of nitrogens with two attached hydrogens (primary N) is 1. The van der Waals surface area contributed by atoms with E-state index in [9.17, 15) is 34.2 Å². The van der Waals surface area contributed by atoms with Gasteiger partial charge in [0.1, 0.15) is 5.75 Å². The van der Waals surface area contributed by atoms with E-state index in [4.69, 9.17) is 5.73 Å². The molecule has 0 aromatic heterocycles. The van der Waals surface area contributed by atoms with Crippen molar-refractivity contribution in [3.05, 3.63) is 35.4 Å². The Hall–Kier alpha value is -3.41. The van der Waals surface area contributed by atoms with Crippen LogP contribution < -0.4 is 10.6 Å². The molecule has 0 heterocycles. The highest BCUT2D eigenvalue weighted by molar-refractivity contribution is 6.32. The van der Waals surface area contributed by atoms with E-state index < -0.39 is 64.4 Å². The Morgan fingerprint density at radius 3 is 2.33 bits per heavy atom. The Bertz CT molecular complexity index is 1290. The number of phenols is 1. The van der Waals surface area contributed by atoms with Crippen molar-refractivity contribution in [3.63, 3.8) is 0 Å². The van der Waals surface area contributed by atoms with Gasteiger partial charge in [-0.3, -0.25) is 33.8 Å². The first-order valence-corrected chi connectivity index (χ1v) is 12.9. The summed E-state index contributed by atoms with van der Waals surface area (Å²) in [5.41, 5.74) is 4.38. The van der Waals surface area contributed by atoms with Gasteiger partial charge in [-0.1, -0.05) is 6.08 Å². The number of Topliss-reactive ketones (excluding diaryl/α,β-unsaturated/α-hetero) is 4. The summed E-state index contributed by atoms with van der Waals surface area (Å²) in [5.74, 6) is -10.5. The first-order valence-electron chi connectivity index (χ1n) is 12.9. The molecular weight excluding hydrogens is 504 g/mol. The average Bonchev–Trinajstić information content (AvgIpc) is 2.82. The molecule has 1 aromatic carbocycles. The summed E-state index contributed by atoms with van der Waals surface area (Å²) in [7, 11) is 8.58. The smallest absolute Gasteiger partial charge is 0.235 e. The minimum absolute atomic E-state index is 0.00482. The lowest BCUT2D eigenvalue weighted by molar-refractivity contribution is -0.181. The van der Waals surface area contributed by atoms with Crippen LogP contribution in [0.4, 0.5) is 5.69 Å². The van der Waals surface area contributed by atoms with E-state index in [1.807, 2.05) is 37.0 Å². The van der Waals surface area contributed by atoms with Crippen LogP contribution in [-0.2, 0) is 32.1 Å². The number of amides is 1. The van der Waals surface area contributed by atoms with Crippen LogP contribution in [0.25, 0.3) is 0 Å². The van der Waals surface area contributed by atoms with Gasteiger partial charge in [-0.25, -0.2) is 0 Å². The third kappa shape index (κ3) is 4.19. The van der Waals surface area contributed by atoms with Gasteiger partial charge in [0, 0.05) is 44.4 Å². The summed E-state index contributed by atoms with van der Waals surface area (Å²) in [6.45, 7) is 4.56. The van der Waals surface area contributed by atoms with Crippen LogP contribution in [0.3, 0.4) is 0 Å². The highest BCUT2D eigenvalue weighted by Gasteiger charge is 2.69. The van der Waals surface area contributed by atoms with E-state index in [1.165, 1.54) is 4.90 Å². The Kier molecular flexibility index (Phi) is 7.30. The summed E-state index contributed by atoms with van der Waals surface area (Å²) in [4.78, 5) is 71.9. The predicted octanol–water partition coefficient (Wildman–Crippen LogP) is -0.449. The first kappa shape index (κ1) is 28.6. The number of carbonyl (C=O) groups excluding carboxylic acids is 5. The molecule has 6 atom stereocenters. The van der Waals surface area contributed by atoms with Crippen LogP contribution in [0, 0.1) is 23.7 Å². The molecule has 4 rings (SSSR count). The minimum Gasteiger partial charge on any atom is -0.507 e. The van der Waals surface area contributed by atoms with Gasteiger partial charge in [0.2, 0.25) is 5.91 Å². The molecule has 2 saturated carbocycles. The van der Waals surface area contributed by atoms with Crippen LogP contribution in [0.15, 0.2) is 18.7 Å². The van der Waals surface area contributed by atoms with Crippen LogP contribution in [0.2, 0.25) is 0 Å². The number of fused-ring (bicyclic) bond motifs is 3. The zero-order chi connectivity index (χ0) is 29.1. The quantitative estimate of drug-likeness (QED) is 0.305. The summed E-state index contributed by atoms with van der Waals surface area (Å²) in [5, 5.41) is 23.0. The molecule has 1 aromatic rings. The minimum atomic E-state index is -2.74. The largest absolute Gasteiger partial charge is 0.507 e. The maximum atomic E-state index is 14.0. The van der Waals surface area contributed by atoms with E-state index in [0.717, 1.165) is 0 Å². The van der Waals surface area contributed by atoms with E-state index in [0.29, 0.717) is 29.9 Å². The third-order valence-electron chi connectivity index (χ3n) is 8.48. The molecular formula is C28H36N4O7. The molecule has 11 heteroatoms. The lowest BCUT2D eigenvalue weighted by Gasteiger charge is -2.52. The number of hydrogen-bond acceptors (Lipinski definition) is 10. The number of phenolic OH excluding ortho intramolecular Hbond substituents is 1. The van der Waals surface area contributed by atoms with Gasteiger partial charge >= 0.3 is 0 Å². The van der Waals surface area contributed by atoms with Crippen molar-refractivity contribution in [2.45, 2.75) is 31.0 Å². The summed E-state index contributed by atoms with van der Waals surface area (Å²) in [6, 6.07) is 0.687. The fourth-order valence-corrected chi connectivity index (χ4v) is 6.80. The van der Waals surface area contributed by atoms with Crippen molar-refractivity contribution in [2.24, 2.45) is 29.4 Å². The molecule has 0 bridgehead atoms. The number of aliphatic hydroxyl groups is 1. The Morgan fingerprint density at radius 1 is 1.15 bits per heavy atom. The normalized spacial score (nSPS) is 30.2. The SMILES string of the molecule is C=CCN(C)Cc1cc(N(C)C)c2c(c1O)C(=O)C1C(=O)C3(O)C(=O)C(C(N)=O)C(=O)C(N(C)C)C3CC1C2. The van der Waals surface area contributed by atoms with Gasteiger partial charge in [-0.05, 0) is 51.5 Å². The molecule has 39 heavy (non-hydrogen) atoms. The van der Waals surface area contributed by atoms with E-state index >= 15 is 0 Å². The molecule has 1 amide bonds. The maximum Gasteiger partial charge on any atom is 0.235 e. The van der Waals surface area contributed by atoms with Crippen molar-refractivity contribution in [1.29, 1.82) is 0 Å². The molecule has 4 N–H and O–H groups in total. The zero-order valence-corrected chi connectivity index (χ0v) is 22.9. The van der Waals surface area contributed by atoms with E-state index in [1.54, 1.807) is 20.2 Å². The highest BCUT2D eigenvalue weighted by atomic mass is 16.3. The molecule has 0 aliphatic heterocycles. The van der Waals surface area contributed by atoms with Crippen molar-refractivity contribution in [1.82, 2.24) is 9.80 Å². The number of primary amides is 1. The maximum absolute atomic E-state index is 14.0. The Labute approximate surface area is 227 Å². The lowest BCUT2D eigenvalue weighted by Crippen LogP contribution is -2.74. The number of hydrogen-bond donors (Lipinski definition) is 3. The molecule has 210 valence electrons. The van der Waals surface area contributed by atoms with Crippen molar-refractivity contribution < 1.29 is 34.2 Å². The van der Waals surface area contributed by atoms with Crippen LogP contribution in [0.1, 0.15) is 27.9 Å². The predicted molar refractivity (Wildman–Crippen MR) is 142 cm³/mol. The van der Waals surface area contributed by atoms with E-state index in [-0.39, 0.29) is 24.2 Å². The van der Waals surface area contributed by atoms with E-state index in [2.05, 4.69) is 6.58 Å². The fourth-order valence-electron chi connectivity index (χ4n) is 6.80. The first-order chi connectivity index (χ1) is 18.2. The van der Waals surface area contributed by atoms with Crippen LogP contribution in [0.5, 0.6) is 5.75 Å². The van der Waals surface area contributed by atoms with Gasteiger partial charge in [-0.2, -0.15) is 0 Å². The second-order valence-corrected chi connectivity index (χ2v) is 11.4. The molecule has 0 saturated heterocycles. The molecule has 11 nitrogen and oxygen atoms in total. The molecule has 3 aliphatic rings. The number of aromatic hydroxyl groups is 1. The molecule has 3 aliphatic carbocycles. The number of likely N-dealkylation sites (N-methyl/N-ethyl adjacent to an activating group) is 2. The second kappa shape index (κ2) is 9.96. The van der Waals surface area contributed by atoms with Gasteiger partial charge in [0.15, 0.2) is 34.7 Å². The van der Waals surface area contributed by atoms with Gasteiger partial charge in [-0.15, -0.1) is 6.58 Å².